The molecule has 1 aromatic carbocycles. The third-order valence-corrected chi connectivity index (χ3v) is 8.40. The molecular formula is C29H41N5O3. The maximum atomic E-state index is 13.5. The Balaban J connectivity index is 1.19. The highest BCUT2D eigenvalue weighted by Gasteiger charge is 2.31. The Hall–Kier alpha value is -2.55. The minimum Gasteiger partial charge on any atom is -0.379 e. The van der Waals surface area contributed by atoms with Gasteiger partial charge >= 0.3 is 0 Å². The fourth-order valence-corrected chi connectivity index (χ4v) is 6.18. The summed E-state index contributed by atoms with van der Waals surface area (Å²) in [5, 5.41) is 3.77. The number of hydrogen-bond donors (Lipinski definition) is 1. The molecule has 1 aromatic heterocycles. The Morgan fingerprint density at radius 2 is 1.84 bits per heavy atom. The van der Waals surface area contributed by atoms with Crippen LogP contribution in [0.15, 0.2) is 36.7 Å². The molecule has 3 aliphatic heterocycles. The van der Waals surface area contributed by atoms with E-state index >= 15 is 0 Å². The third kappa shape index (κ3) is 6.13. The van der Waals surface area contributed by atoms with Crippen LogP contribution in [-0.4, -0.2) is 85.5 Å². The van der Waals surface area contributed by atoms with Gasteiger partial charge in [0.25, 0.3) is 5.91 Å². The highest BCUT2D eigenvalue weighted by molar-refractivity contribution is 5.94. The van der Waals surface area contributed by atoms with E-state index in [2.05, 4.69) is 50.5 Å². The SMILES string of the molecule is COC1COCCC1NC1CCN(C(=O)c2ncnc(N3CCCC(c4ccccc4)CC3)c2C)CC1. The lowest BCUT2D eigenvalue weighted by molar-refractivity contribution is -0.0533. The zero-order valence-corrected chi connectivity index (χ0v) is 22.3. The summed E-state index contributed by atoms with van der Waals surface area (Å²) in [6.07, 6.45) is 7.88. The van der Waals surface area contributed by atoms with E-state index in [0.29, 0.717) is 30.3 Å². The van der Waals surface area contributed by atoms with Crippen molar-refractivity contribution in [3.63, 3.8) is 0 Å². The molecule has 1 N–H and O–H groups in total. The second-order valence-electron chi connectivity index (χ2n) is 10.7. The molecule has 37 heavy (non-hydrogen) atoms. The molecule has 3 atom stereocenters. The molecule has 8 nitrogen and oxygen atoms in total. The van der Waals surface area contributed by atoms with Crippen LogP contribution >= 0.6 is 0 Å². The maximum Gasteiger partial charge on any atom is 0.272 e. The van der Waals surface area contributed by atoms with Crippen LogP contribution in [0, 0.1) is 6.92 Å². The molecule has 8 heteroatoms. The largest absolute Gasteiger partial charge is 0.379 e. The van der Waals surface area contributed by atoms with Gasteiger partial charge in [-0.1, -0.05) is 30.3 Å². The van der Waals surface area contributed by atoms with Gasteiger partial charge in [-0.2, -0.15) is 0 Å². The summed E-state index contributed by atoms with van der Waals surface area (Å²) in [5.74, 6) is 1.51. The number of benzene rings is 1. The van der Waals surface area contributed by atoms with Crippen LogP contribution in [0.2, 0.25) is 0 Å². The molecule has 0 spiro atoms. The molecule has 3 saturated heterocycles. The highest BCUT2D eigenvalue weighted by Crippen LogP contribution is 2.31. The molecule has 0 aliphatic carbocycles. The van der Waals surface area contributed by atoms with Crippen LogP contribution in [0.4, 0.5) is 5.82 Å². The van der Waals surface area contributed by atoms with Crippen LogP contribution in [0.5, 0.6) is 0 Å². The molecule has 2 aromatic rings. The summed E-state index contributed by atoms with van der Waals surface area (Å²) in [7, 11) is 1.75. The van der Waals surface area contributed by atoms with Gasteiger partial charge in [0.05, 0.1) is 12.7 Å². The second-order valence-corrected chi connectivity index (χ2v) is 10.7. The summed E-state index contributed by atoms with van der Waals surface area (Å²) < 4.78 is 11.2. The van der Waals surface area contributed by atoms with Crippen molar-refractivity contribution in [3.05, 3.63) is 53.5 Å². The lowest BCUT2D eigenvalue weighted by Crippen LogP contribution is -2.54. The first-order chi connectivity index (χ1) is 18.1. The molecule has 0 saturated carbocycles. The van der Waals surface area contributed by atoms with Crippen molar-refractivity contribution in [2.24, 2.45) is 0 Å². The van der Waals surface area contributed by atoms with Gasteiger partial charge in [-0.3, -0.25) is 4.79 Å². The molecule has 4 heterocycles. The van der Waals surface area contributed by atoms with Crippen molar-refractivity contribution < 1.29 is 14.3 Å². The molecular weight excluding hydrogens is 466 g/mol. The third-order valence-electron chi connectivity index (χ3n) is 8.40. The average molecular weight is 508 g/mol. The van der Waals surface area contributed by atoms with E-state index in [4.69, 9.17) is 9.47 Å². The first-order valence-corrected chi connectivity index (χ1v) is 13.9. The van der Waals surface area contributed by atoms with Crippen LogP contribution in [0.3, 0.4) is 0 Å². The normalized spacial score (nSPS) is 25.6. The number of hydrogen-bond acceptors (Lipinski definition) is 7. The zero-order chi connectivity index (χ0) is 25.6. The predicted octanol–water partition coefficient (Wildman–Crippen LogP) is 3.56. The molecule has 3 unspecified atom stereocenters. The number of nitrogens with one attached hydrogen (secondary N) is 1. The summed E-state index contributed by atoms with van der Waals surface area (Å²) in [6, 6.07) is 11.5. The van der Waals surface area contributed by atoms with Gasteiger partial charge in [-0.05, 0) is 56.9 Å². The van der Waals surface area contributed by atoms with Crippen molar-refractivity contribution in [1.82, 2.24) is 20.2 Å². The standard InChI is InChI=1S/C29H41N5O3/c1-21-27(29(35)34-16-11-24(12-17-34)32-25-13-18-37-19-26(25)36-2)30-20-31-28(21)33-14-6-9-23(10-15-33)22-7-4-3-5-8-22/h3-5,7-8,20,23-26,32H,6,9-19H2,1-2H3. The fourth-order valence-electron chi connectivity index (χ4n) is 6.18. The number of anilines is 1. The Morgan fingerprint density at radius 3 is 2.62 bits per heavy atom. The van der Waals surface area contributed by atoms with Gasteiger partial charge in [-0.25, -0.2) is 9.97 Å². The summed E-state index contributed by atoms with van der Waals surface area (Å²) in [6.45, 7) is 6.79. The summed E-state index contributed by atoms with van der Waals surface area (Å²) in [5.41, 5.74) is 2.87. The Labute approximate surface area is 220 Å². The van der Waals surface area contributed by atoms with Crippen molar-refractivity contribution in [2.45, 2.75) is 69.6 Å². The Morgan fingerprint density at radius 1 is 1.03 bits per heavy atom. The first-order valence-electron chi connectivity index (χ1n) is 13.9. The van der Waals surface area contributed by atoms with Gasteiger partial charge in [-0.15, -0.1) is 0 Å². The van der Waals surface area contributed by atoms with Gasteiger partial charge < -0.3 is 24.6 Å². The molecule has 0 bridgehead atoms. The van der Waals surface area contributed by atoms with Crippen molar-refractivity contribution in [3.8, 4) is 0 Å². The van der Waals surface area contributed by atoms with Crippen molar-refractivity contribution >= 4 is 11.7 Å². The molecule has 0 radical (unpaired) electrons. The molecule has 5 rings (SSSR count). The second kappa shape index (κ2) is 12.3. The molecule has 3 fully saturated rings. The van der Waals surface area contributed by atoms with Crippen LogP contribution < -0.4 is 10.2 Å². The smallest absolute Gasteiger partial charge is 0.272 e. The minimum atomic E-state index is 0.0254. The van der Waals surface area contributed by atoms with E-state index in [1.165, 1.54) is 12.0 Å². The van der Waals surface area contributed by atoms with Gasteiger partial charge in [0.1, 0.15) is 17.8 Å². The van der Waals surface area contributed by atoms with Crippen LogP contribution in [0.1, 0.15) is 66.1 Å². The van der Waals surface area contributed by atoms with E-state index < -0.39 is 0 Å². The first kappa shape index (κ1) is 26.1. The van der Waals surface area contributed by atoms with E-state index in [0.717, 1.165) is 76.3 Å². The molecule has 200 valence electrons. The number of methoxy groups -OCH3 is 1. The number of ether oxygens (including phenoxy) is 2. The number of carbonyl (C=O) groups excluding carboxylic acids is 1. The average Bonchev–Trinajstić information content (AvgIpc) is 3.20. The molecule has 1 amide bonds. The quantitative estimate of drug-likeness (QED) is 0.640. The van der Waals surface area contributed by atoms with Gasteiger partial charge in [0, 0.05) is 57.5 Å². The number of nitrogens with zero attached hydrogens (tertiary/aromatic N) is 4. The summed E-state index contributed by atoms with van der Waals surface area (Å²) >= 11 is 0. The topological polar surface area (TPSA) is 79.8 Å². The number of carbonyl (C=O) groups is 1. The van der Waals surface area contributed by atoms with Crippen LogP contribution in [-0.2, 0) is 9.47 Å². The maximum absolute atomic E-state index is 13.5. The van der Waals surface area contributed by atoms with Crippen molar-refractivity contribution in [1.29, 1.82) is 0 Å². The van der Waals surface area contributed by atoms with Gasteiger partial charge in [0.15, 0.2) is 0 Å². The molecule has 3 aliphatic rings. The lowest BCUT2D eigenvalue weighted by Gasteiger charge is -2.38. The number of piperidine rings is 1. The van der Waals surface area contributed by atoms with E-state index in [1.807, 2.05) is 11.8 Å². The Kier molecular flexibility index (Phi) is 8.69. The number of rotatable bonds is 6. The lowest BCUT2D eigenvalue weighted by atomic mass is 9.92. The van der Waals surface area contributed by atoms with E-state index in [9.17, 15) is 4.79 Å². The van der Waals surface area contributed by atoms with Crippen molar-refractivity contribution in [2.75, 3.05) is 51.4 Å². The zero-order valence-electron chi connectivity index (χ0n) is 22.3. The number of amides is 1. The monoisotopic (exact) mass is 507 g/mol. The van der Waals surface area contributed by atoms with E-state index in [1.54, 1.807) is 13.4 Å². The number of likely N-dealkylation sites (tertiary alicyclic amines) is 1. The van der Waals surface area contributed by atoms with E-state index in [-0.39, 0.29) is 12.0 Å². The number of aromatic nitrogens is 2. The predicted molar refractivity (Wildman–Crippen MR) is 144 cm³/mol. The van der Waals surface area contributed by atoms with Gasteiger partial charge in [0.2, 0.25) is 0 Å². The van der Waals surface area contributed by atoms with Crippen LogP contribution in [0.25, 0.3) is 0 Å². The minimum absolute atomic E-state index is 0.0254. The Bertz CT molecular complexity index is 1030. The fraction of sp³-hybridized carbons (Fsp3) is 0.621. The summed E-state index contributed by atoms with van der Waals surface area (Å²) in [4.78, 5) is 26.9. The highest BCUT2D eigenvalue weighted by atomic mass is 16.5.